The van der Waals surface area contributed by atoms with Gasteiger partial charge in [-0.05, 0) is 48.2 Å². The van der Waals surface area contributed by atoms with Gasteiger partial charge >= 0.3 is 6.03 Å². The topological polar surface area (TPSA) is 103 Å². The van der Waals surface area contributed by atoms with Crippen molar-refractivity contribution in [3.05, 3.63) is 72.3 Å². The molecular formula is C26H25F2N5O2. The molecule has 0 atom stereocenters. The maximum Gasteiger partial charge on any atom is 0.323 e. The first-order valence-electron chi connectivity index (χ1n) is 11.5. The number of hydrogen-bond acceptors (Lipinski definition) is 4. The minimum absolute atomic E-state index is 0.0171. The second-order valence-corrected chi connectivity index (χ2v) is 8.86. The third-order valence-corrected chi connectivity index (χ3v) is 6.40. The summed E-state index contributed by atoms with van der Waals surface area (Å²) in [5.41, 5.74) is 5.05. The summed E-state index contributed by atoms with van der Waals surface area (Å²) in [6, 6.07) is 12.6. The van der Waals surface area contributed by atoms with Crippen LogP contribution in [0.2, 0.25) is 0 Å². The molecule has 7 nitrogen and oxygen atoms in total. The lowest BCUT2D eigenvalue weighted by molar-refractivity contribution is -0.0384. The molecule has 9 heteroatoms. The highest BCUT2D eigenvalue weighted by Gasteiger charge is 2.35. The van der Waals surface area contributed by atoms with Crippen LogP contribution in [0, 0.1) is 0 Å². The Kier molecular flexibility index (Phi) is 6.17. The number of alkyl halides is 2. The van der Waals surface area contributed by atoms with E-state index in [1.807, 2.05) is 30.3 Å². The van der Waals surface area contributed by atoms with E-state index in [1.165, 1.54) is 0 Å². The number of pyridine rings is 2. The van der Waals surface area contributed by atoms with Crippen LogP contribution < -0.4 is 10.6 Å². The summed E-state index contributed by atoms with van der Waals surface area (Å²) < 4.78 is 26.8. The van der Waals surface area contributed by atoms with Gasteiger partial charge in [0.05, 0.1) is 24.2 Å². The summed E-state index contributed by atoms with van der Waals surface area (Å²) in [6.07, 6.45) is 5.55. The lowest BCUT2D eigenvalue weighted by Crippen LogP contribution is -2.24. The van der Waals surface area contributed by atoms with E-state index < -0.39 is 12.0 Å². The zero-order valence-electron chi connectivity index (χ0n) is 18.9. The third-order valence-electron chi connectivity index (χ3n) is 6.40. The second kappa shape index (κ2) is 9.42. The van der Waals surface area contributed by atoms with Crippen molar-refractivity contribution in [1.29, 1.82) is 0 Å². The van der Waals surface area contributed by atoms with Gasteiger partial charge in [0.1, 0.15) is 5.65 Å². The first-order valence-corrected chi connectivity index (χ1v) is 11.5. The molecule has 0 radical (unpaired) electrons. The highest BCUT2D eigenvalue weighted by molar-refractivity contribution is 6.05. The lowest BCUT2D eigenvalue weighted by Gasteiger charge is -2.27. The Balaban J connectivity index is 1.26. The zero-order valence-corrected chi connectivity index (χ0v) is 18.9. The smallest absolute Gasteiger partial charge is 0.323 e. The molecule has 2 amide bonds. The second-order valence-electron chi connectivity index (χ2n) is 8.86. The van der Waals surface area contributed by atoms with Crippen molar-refractivity contribution in [2.75, 3.05) is 10.6 Å². The molecule has 4 aromatic rings. The number of amides is 2. The van der Waals surface area contributed by atoms with Crippen molar-refractivity contribution in [3.8, 4) is 11.1 Å². The molecule has 1 aliphatic carbocycles. The maximum atomic E-state index is 13.4. The molecule has 3 heterocycles. The van der Waals surface area contributed by atoms with E-state index in [0.717, 1.165) is 27.8 Å². The molecule has 0 spiro atoms. The number of aromatic amines is 1. The molecule has 1 aliphatic rings. The van der Waals surface area contributed by atoms with Crippen molar-refractivity contribution >= 4 is 28.4 Å². The van der Waals surface area contributed by atoms with E-state index in [1.54, 1.807) is 30.7 Å². The predicted octanol–water partition coefficient (Wildman–Crippen LogP) is 6.05. The molecule has 1 saturated carbocycles. The van der Waals surface area contributed by atoms with Crippen LogP contribution in [0.1, 0.15) is 42.9 Å². The SMILES string of the molecule is O=C(Nc1ccc(C2CCC(F)(F)CC2)nc1)Nc1c[nH]c2ncc(-c3cccc(CO)c3)cc12. The fraction of sp³-hybridized carbons (Fsp3) is 0.269. The molecule has 0 unspecified atom stereocenters. The third kappa shape index (κ3) is 5.14. The number of carbonyl (C=O) groups is 1. The van der Waals surface area contributed by atoms with Gasteiger partial charge in [0.2, 0.25) is 5.92 Å². The van der Waals surface area contributed by atoms with E-state index in [2.05, 4.69) is 25.6 Å². The van der Waals surface area contributed by atoms with Crippen molar-refractivity contribution in [2.24, 2.45) is 0 Å². The lowest BCUT2D eigenvalue weighted by atomic mass is 9.84. The van der Waals surface area contributed by atoms with Crippen LogP contribution in [0.4, 0.5) is 25.0 Å². The van der Waals surface area contributed by atoms with Crippen molar-refractivity contribution in [2.45, 2.75) is 44.1 Å². The number of aliphatic hydroxyl groups excluding tert-OH is 1. The fourth-order valence-corrected chi connectivity index (χ4v) is 4.46. The molecule has 0 bridgehead atoms. The van der Waals surface area contributed by atoms with Gasteiger partial charge in [-0.25, -0.2) is 18.6 Å². The fourth-order valence-electron chi connectivity index (χ4n) is 4.46. The van der Waals surface area contributed by atoms with Crippen LogP contribution in [0.25, 0.3) is 22.2 Å². The van der Waals surface area contributed by atoms with Crippen molar-refractivity contribution in [3.63, 3.8) is 0 Å². The first kappa shape index (κ1) is 22.9. The molecule has 35 heavy (non-hydrogen) atoms. The monoisotopic (exact) mass is 477 g/mol. The average Bonchev–Trinajstić information content (AvgIpc) is 3.26. The molecular weight excluding hydrogens is 452 g/mol. The number of halogens is 2. The van der Waals surface area contributed by atoms with Crippen molar-refractivity contribution in [1.82, 2.24) is 15.0 Å². The van der Waals surface area contributed by atoms with Gasteiger partial charge in [-0.2, -0.15) is 0 Å². The minimum Gasteiger partial charge on any atom is -0.392 e. The Labute approximate surface area is 200 Å². The van der Waals surface area contributed by atoms with Gasteiger partial charge in [-0.15, -0.1) is 0 Å². The van der Waals surface area contributed by atoms with Crippen LogP contribution in [0.15, 0.2) is 61.1 Å². The number of benzene rings is 1. The Hall–Kier alpha value is -3.85. The Morgan fingerprint density at radius 3 is 2.63 bits per heavy atom. The first-order chi connectivity index (χ1) is 16.9. The molecule has 3 aromatic heterocycles. The number of urea groups is 1. The molecule has 0 saturated heterocycles. The van der Waals surface area contributed by atoms with Gasteiger partial charge < -0.3 is 20.7 Å². The molecule has 1 aromatic carbocycles. The summed E-state index contributed by atoms with van der Waals surface area (Å²) in [4.78, 5) is 24.5. The van der Waals surface area contributed by atoms with Crippen LogP contribution in [-0.2, 0) is 6.61 Å². The summed E-state index contributed by atoms with van der Waals surface area (Å²) in [6.45, 7) is -0.0485. The summed E-state index contributed by atoms with van der Waals surface area (Å²) in [7, 11) is 0. The molecule has 4 N–H and O–H groups in total. The summed E-state index contributed by atoms with van der Waals surface area (Å²) in [5.74, 6) is -2.55. The Morgan fingerprint density at radius 1 is 1.06 bits per heavy atom. The van der Waals surface area contributed by atoms with Crippen LogP contribution in [0.5, 0.6) is 0 Å². The molecule has 5 rings (SSSR count). The van der Waals surface area contributed by atoms with Crippen LogP contribution in [0.3, 0.4) is 0 Å². The average molecular weight is 478 g/mol. The summed E-state index contributed by atoms with van der Waals surface area (Å²) >= 11 is 0. The van der Waals surface area contributed by atoms with Gasteiger partial charge in [-0.1, -0.05) is 18.2 Å². The van der Waals surface area contributed by atoms with Crippen LogP contribution in [-0.4, -0.2) is 32.0 Å². The molecule has 0 aliphatic heterocycles. The number of aromatic nitrogens is 3. The predicted molar refractivity (Wildman–Crippen MR) is 130 cm³/mol. The van der Waals surface area contributed by atoms with Gasteiger partial charge in [0.15, 0.2) is 0 Å². The number of anilines is 2. The van der Waals surface area contributed by atoms with Gasteiger partial charge in [0, 0.05) is 47.8 Å². The number of nitrogens with zero attached hydrogens (tertiary/aromatic N) is 2. The normalized spacial score (nSPS) is 15.7. The number of fused-ring (bicyclic) bond motifs is 1. The highest BCUT2D eigenvalue weighted by atomic mass is 19.3. The number of hydrogen-bond donors (Lipinski definition) is 4. The zero-order chi connectivity index (χ0) is 24.4. The van der Waals surface area contributed by atoms with E-state index in [9.17, 15) is 18.7 Å². The maximum absolute atomic E-state index is 13.4. The number of nitrogens with one attached hydrogen (secondary N) is 3. The Bertz CT molecular complexity index is 1340. The van der Waals surface area contributed by atoms with Crippen LogP contribution >= 0.6 is 0 Å². The van der Waals surface area contributed by atoms with Gasteiger partial charge in [0.25, 0.3) is 0 Å². The quantitative estimate of drug-likeness (QED) is 0.281. The standard InChI is InChI=1S/C26H25F2N5O2/c27-26(28)8-6-17(7-9-26)22-5-4-20(13-29-22)32-25(35)33-23-14-31-24-21(23)11-19(12-30-24)18-3-1-2-16(10-18)15-34/h1-5,10-14,17,34H,6-9,15H2,(H,30,31)(H2,32,33,35). The largest absolute Gasteiger partial charge is 0.392 e. The van der Waals surface area contributed by atoms with E-state index >= 15 is 0 Å². The Morgan fingerprint density at radius 2 is 1.89 bits per heavy atom. The molecule has 1 fully saturated rings. The number of rotatable bonds is 5. The van der Waals surface area contributed by atoms with Gasteiger partial charge in [-0.3, -0.25) is 4.98 Å². The number of aliphatic hydroxyl groups is 1. The summed E-state index contributed by atoms with van der Waals surface area (Å²) in [5, 5.41) is 15.7. The highest BCUT2D eigenvalue weighted by Crippen LogP contribution is 2.40. The number of H-pyrrole nitrogens is 1. The minimum atomic E-state index is -2.57. The van der Waals surface area contributed by atoms with E-state index in [4.69, 9.17) is 0 Å². The molecule has 180 valence electrons. The van der Waals surface area contributed by atoms with Crippen molar-refractivity contribution < 1.29 is 18.7 Å². The van der Waals surface area contributed by atoms with E-state index in [0.29, 0.717) is 29.9 Å². The van der Waals surface area contributed by atoms with E-state index in [-0.39, 0.29) is 25.4 Å². The number of carbonyl (C=O) groups excluding carboxylic acids is 1.